The van der Waals surface area contributed by atoms with E-state index >= 15 is 0 Å². The first kappa shape index (κ1) is 20.9. The minimum atomic E-state index is -0.670. The fraction of sp³-hybridized carbons (Fsp3) is 0.304. The van der Waals surface area contributed by atoms with Crippen molar-refractivity contribution in [3.63, 3.8) is 0 Å². The smallest absolute Gasteiger partial charge is 0.338 e. The predicted octanol–water partition coefficient (Wildman–Crippen LogP) is 6.61. The van der Waals surface area contributed by atoms with E-state index in [-0.39, 0.29) is 27.7 Å². The van der Waals surface area contributed by atoms with Gasteiger partial charge in [0, 0.05) is 10.9 Å². The number of carbonyl (C=O) groups is 2. The largest absolute Gasteiger partial charge is 0.456 e. The van der Waals surface area contributed by atoms with Crippen LogP contribution in [0.15, 0.2) is 36.4 Å². The molecule has 2 aromatic carbocycles. The van der Waals surface area contributed by atoms with Gasteiger partial charge in [0.1, 0.15) is 16.6 Å². The molecule has 0 spiro atoms. The summed E-state index contributed by atoms with van der Waals surface area (Å²) in [6.45, 7) is 5.27. The number of rotatable bonds is 3. The molecule has 1 aliphatic carbocycles. The highest BCUT2D eigenvalue weighted by atomic mass is 35.5. The van der Waals surface area contributed by atoms with Gasteiger partial charge in [0.15, 0.2) is 0 Å². The van der Waals surface area contributed by atoms with Crippen molar-refractivity contribution >= 4 is 46.0 Å². The molecule has 156 valence electrons. The Hall–Kier alpha value is -2.37. The molecule has 1 fully saturated rings. The first-order valence-electron chi connectivity index (χ1n) is 9.64. The number of fused-ring (bicyclic) bond motifs is 1. The van der Waals surface area contributed by atoms with E-state index in [4.69, 9.17) is 27.9 Å². The van der Waals surface area contributed by atoms with E-state index < -0.39 is 23.3 Å². The number of hydrogen-bond donors (Lipinski definition) is 0. The van der Waals surface area contributed by atoms with Gasteiger partial charge in [-0.25, -0.2) is 9.18 Å². The molecule has 0 aliphatic heterocycles. The second-order valence-corrected chi connectivity index (χ2v) is 9.25. The molecule has 4 rings (SSSR count). The summed E-state index contributed by atoms with van der Waals surface area (Å²) >= 11 is 12.8. The van der Waals surface area contributed by atoms with Crippen molar-refractivity contribution in [2.75, 3.05) is 0 Å². The Morgan fingerprint density at radius 2 is 1.77 bits per heavy atom. The Morgan fingerprint density at radius 1 is 1.10 bits per heavy atom. The Kier molecular flexibility index (Phi) is 5.15. The number of ether oxygens (including phenoxy) is 1. The van der Waals surface area contributed by atoms with Crippen LogP contribution in [0.5, 0.6) is 0 Å². The van der Waals surface area contributed by atoms with Crippen LogP contribution in [0.2, 0.25) is 10.2 Å². The Balaban J connectivity index is 1.77. The van der Waals surface area contributed by atoms with Crippen molar-refractivity contribution in [3.05, 3.63) is 69.1 Å². The van der Waals surface area contributed by atoms with E-state index in [0.29, 0.717) is 10.4 Å². The lowest BCUT2D eigenvalue weighted by molar-refractivity contribution is 0.00695. The fourth-order valence-electron chi connectivity index (χ4n) is 3.44. The first-order chi connectivity index (χ1) is 14.1. The van der Waals surface area contributed by atoms with Crippen molar-refractivity contribution in [2.45, 2.75) is 45.1 Å². The minimum Gasteiger partial charge on any atom is -0.456 e. The zero-order valence-corrected chi connectivity index (χ0v) is 18.3. The van der Waals surface area contributed by atoms with Crippen LogP contribution in [-0.2, 0) is 4.74 Å². The molecule has 1 aliphatic rings. The summed E-state index contributed by atoms with van der Waals surface area (Å²) in [5, 5.41) is 0.872. The lowest BCUT2D eigenvalue weighted by Gasteiger charge is -2.19. The maximum atomic E-state index is 15.0. The van der Waals surface area contributed by atoms with Crippen molar-refractivity contribution in [1.82, 2.24) is 4.57 Å². The molecule has 0 saturated heterocycles. The van der Waals surface area contributed by atoms with Gasteiger partial charge >= 0.3 is 5.97 Å². The van der Waals surface area contributed by atoms with E-state index in [0.717, 1.165) is 23.0 Å². The lowest BCUT2D eigenvalue weighted by Crippen LogP contribution is -2.24. The molecule has 1 aromatic heterocycles. The van der Waals surface area contributed by atoms with Gasteiger partial charge in [-0.1, -0.05) is 29.3 Å². The molecule has 0 unspecified atom stereocenters. The highest BCUT2D eigenvalue weighted by molar-refractivity contribution is 6.38. The zero-order valence-electron chi connectivity index (χ0n) is 16.8. The predicted molar refractivity (Wildman–Crippen MR) is 115 cm³/mol. The molecule has 7 heteroatoms. The Labute approximate surface area is 183 Å². The van der Waals surface area contributed by atoms with Gasteiger partial charge in [0.05, 0.1) is 16.1 Å². The van der Waals surface area contributed by atoms with Crippen LogP contribution in [-0.4, -0.2) is 22.0 Å². The number of carbonyl (C=O) groups excluding carboxylic acids is 2. The molecule has 4 nitrogen and oxygen atoms in total. The third-order valence-corrected chi connectivity index (χ3v) is 5.62. The maximum Gasteiger partial charge on any atom is 0.338 e. The molecule has 3 aromatic rings. The number of benzene rings is 2. The third kappa shape index (κ3) is 3.84. The van der Waals surface area contributed by atoms with Crippen LogP contribution in [0.1, 0.15) is 65.8 Å². The molecule has 0 N–H and O–H groups in total. The highest BCUT2D eigenvalue weighted by Gasteiger charge is 2.30. The molecule has 0 amide bonds. The number of nitrogens with zero attached hydrogens (tertiary/aromatic N) is 1. The van der Waals surface area contributed by atoms with Crippen LogP contribution < -0.4 is 0 Å². The highest BCUT2D eigenvalue weighted by Crippen LogP contribution is 2.46. The molecule has 0 atom stereocenters. The Bertz CT molecular complexity index is 1190. The van der Waals surface area contributed by atoms with E-state index in [2.05, 4.69) is 0 Å². The number of halogens is 3. The average molecular weight is 448 g/mol. The molecule has 1 saturated carbocycles. The van der Waals surface area contributed by atoms with E-state index in [1.807, 2.05) is 0 Å². The molecular formula is C23H20Cl2FNO3. The van der Waals surface area contributed by atoms with Crippen molar-refractivity contribution in [1.29, 1.82) is 0 Å². The van der Waals surface area contributed by atoms with Gasteiger partial charge in [-0.3, -0.25) is 9.36 Å². The monoisotopic (exact) mass is 447 g/mol. The minimum absolute atomic E-state index is 0.0297. The van der Waals surface area contributed by atoms with Gasteiger partial charge in [0.25, 0.3) is 5.91 Å². The summed E-state index contributed by atoms with van der Waals surface area (Å²) in [6, 6.07) is 8.97. The van der Waals surface area contributed by atoms with Crippen LogP contribution in [0.3, 0.4) is 0 Å². The topological polar surface area (TPSA) is 48.3 Å². The normalized spacial score (nSPS) is 14.2. The van der Waals surface area contributed by atoms with Crippen LogP contribution in [0.25, 0.3) is 10.9 Å². The first-order valence-corrected chi connectivity index (χ1v) is 10.4. The summed E-state index contributed by atoms with van der Waals surface area (Å²) in [6.07, 6.45) is 1.94. The van der Waals surface area contributed by atoms with Crippen molar-refractivity contribution in [3.8, 4) is 0 Å². The van der Waals surface area contributed by atoms with E-state index in [1.54, 1.807) is 32.9 Å². The maximum absolute atomic E-state index is 15.0. The number of esters is 1. The van der Waals surface area contributed by atoms with Crippen LogP contribution in [0, 0.1) is 5.82 Å². The SMILES string of the molecule is CC(C)(C)OC(=O)c1cccc(C(=O)n2c(Cl)cc3c(Cl)c(C4CC4)cc(F)c32)c1. The summed E-state index contributed by atoms with van der Waals surface area (Å²) < 4.78 is 21.4. The molecular weight excluding hydrogens is 428 g/mol. The molecule has 1 heterocycles. The number of hydrogen-bond acceptors (Lipinski definition) is 3. The van der Waals surface area contributed by atoms with Crippen molar-refractivity contribution < 1.29 is 18.7 Å². The summed E-state index contributed by atoms with van der Waals surface area (Å²) in [5.41, 5.74) is 0.505. The van der Waals surface area contributed by atoms with Crippen LogP contribution >= 0.6 is 23.2 Å². The molecule has 0 radical (unpaired) electrons. The Morgan fingerprint density at radius 3 is 2.40 bits per heavy atom. The van der Waals surface area contributed by atoms with Crippen molar-refractivity contribution in [2.24, 2.45) is 0 Å². The average Bonchev–Trinajstić information content (AvgIpc) is 3.44. The van der Waals surface area contributed by atoms with E-state index in [9.17, 15) is 14.0 Å². The fourth-order valence-corrected chi connectivity index (χ4v) is 4.06. The second kappa shape index (κ2) is 7.40. The standard InChI is InChI=1S/C23H20Cl2FNO3/c1-23(2,3)30-22(29)14-6-4-5-13(9-14)21(28)27-18(24)11-16-19(25)15(12-7-8-12)10-17(26)20(16)27/h4-6,9-12H,7-8H2,1-3H3. The van der Waals surface area contributed by atoms with Gasteiger partial charge in [-0.2, -0.15) is 0 Å². The summed E-state index contributed by atoms with van der Waals surface area (Å²) in [4.78, 5) is 25.6. The molecule has 0 bridgehead atoms. The zero-order chi connectivity index (χ0) is 21.8. The van der Waals surface area contributed by atoms with Gasteiger partial charge in [-0.05, 0) is 75.4 Å². The van der Waals surface area contributed by atoms with Crippen LogP contribution in [0.4, 0.5) is 4.39 Å². The van der Waals surface area contributed by atoms with Gasteiger partial charge in [0.2, 0.25) is 0 Å². The van der Waals surface area contributed by atoms with Gasteiger partial charge < -0.3 is 4.74 Å². The quantitative estimate of drug-likeness (QED) is 0.424. The number of aromatic nitrogens is 1. The summed E-state index contributed by atoms with van der Waals surface area (Å²) in [5.74, 6) is -1.42. The molecule has 30 heavy (non-hydrogen) atoms. The van der Waals surface area contributed by atoms with Gasteiger partial charge in [-0.15, -0.1) is 0 Å². The van der Waals surface area contributed by atoms with E-state index in [1.165, 1.54) is 24.3 Å². The summed E-state index contributed by atoms with van der Waals surface area (Å²) in [7, 11) is 0. The third-order valence-electron chi connectivity index (χ3n) is 4.92. The second-order valence-electron chi connectivity index (χ2n) is 8.49. The lowest BCUT2D eigenvalue weighted by atomic mass is 10.1.